The van der Waals surface area contributed by atoms with Gasteiger partial charge in [0, 0.05) is 5.56 Å². The first-order valence-corrected chi connectivity index (χ1v) is 8.99. The van der Waals surface area contributed by atoms with Crippen LogP contribution in [0.25, 0.3) is 0 Å². The molecule has 0 amide bonds. The molecule has 25 heavy (non-hydrogen) atoms. The maximum Gasteiger partial charge on any atom is 0.296 e. The van der Waals surface area contributed by atoms with Crippen LogP contribution in [0.4, 0.5) is 0 Å². The van der Waals surface area contributed by atoms with Crippen molar-refractivity contribution in [3.05, 3.63) is 50.6 Å². The summed E-state index contributed by atoms with van der Waals surface area (Å²) in [6.45, 7) is 4.48. The molecule has 0 aliphatic heterocycles. The molecule has 1 aromatic heterocycles. The molecule has 0 aliphatic rings. The van der Waals surface area contributed by atoms with E-state index in [1.54, 1.807) is 13.1 Å². The van der Waals surface area contributed by atoms with Gasteiger partial charge in [-0.05, 0) is 37.7 Å². The Kier molecular flexibility index (Phi) is 7.53. The largest absolute Gasteiger partial charge is 0.493 e. The average Bonchev–Trinajstić information content (AvgIpc) is 2.62. The van der Waals surface area contributed by atoms with E-state index < -0.39 is 0 Å². The second-order valence-corrected chi connectivity index (χ2v) is 6.16. The van der Waals surface area contributed by atoms with Crippen LogP contribution in [0.2, 0.25) is 0 Å². The van der Waals surface area contributed by atoms with Gasteiger partial charge in [-0.3, -0.25) is 9.89 Å². The molecule has 6 nitrogen and oxygen atoms in total. The number of unbranched alkanes of at least 4 members (excludes halogenated alkanes) is 4. The van der Waals surface area contributed by atoms with E-state index in [2.05, 4.69) is 22.2 Å². The molecule has 0 spiro atoms. The van der Waals surface area contributed by atoms with Gasteiger partial charge in [0.15, 0.2) is 0 Å². The van der Waals surface area contributed by atoms with Gasteiger partial charge < -0.3 is 4.74 Å². The number of aryl methyl sites for hydroxylation is 1. The van der Waals surface area contributed by atoms with Crippen molar-refractivity contribution in [1.82, 2.24) is 14.9 Å². The topological polar surface area (TPSA) is 72.3 Å². The Hall–Kier alpha value is -2.28. The van der Waals surface area contributed by atoms with Crippen molar-refractivity contribution >= 4 is 18.4 Å². The summed E-state index contributed by atoms with van der Waals surface area (Å²) >= 11 is 5.07. The normalized spacial score (nSPS) is 11.1. The van der Waals surface area contributed by atoms with Gasteiger partial charge in [0.25, 0.3) is 5.56 Å². The summed E-state index contributed by atoms with van der Waals surface area (Å²) in [6.07, 6.45) is 7.52. The fourth-order valence-electron chi connectivity index (χ4n) is 2.30. The first kappa shape index (κ1) is 19.1. The highest BCUT2D eigenvalue weighted by atomic mass is 32.1. The van der Waals surface area contributed by atoms with Crippen molar-refractivity contribution in [3.63, 3.8) is 0 Å². The van der Waals surface area contributed by atoms with E-state index in [9.17, 15) is 4.79 Å². The minimum absolute atomic E-state index is 0.154. The van der Waals surface area contributed by atoms with Crippen LogP contribution in [0.15, 0.2) is 34.2 Å². The quantitative estimate of drug-likeness (QED) is 0.419. The van der Waals surface area contributed by atoms with E-state index in [1.165, 1.54) is 25.7 Å². The van der Waals surface area contributed by atoms with E-state index in [-0.39, 0.29) is 10.3 Å². The zero-order chi connectivity index (χ0) is 18.1. The van der Waals surface area contributed by atoms with Gasteiger partial charge in [0.05, 0.1) is 12.8 Å². The van der Waals surface area contributed by atoms with Gasteiger partial charge in [-0.1, -0.05) is 44.7 Å². The van der Waals surface area contributed by atoms with Crippen LogP contribution in [0, 0.1) is 11.7 Å². The molecule has 1 N–H and O–H groups in total. The Morgan fingerprint density at radius 3 is 2.84 bits per heavy atom. The molecule has 2 rings (SSSR count). The summed E-state index contributed by atoms with van der Waals surface area (Å²) in [5.41, 5.74) is 0.767. The fraction of sp³-hybridized carbons (Fsp3) is 0.444. The lowest BCUT2D eigenvalue weighted by molar-refractivity contribution is 0.304. The van der Waals surface area contributed by atoms with Crippen molar-refractivity contribution in [1.29, 1.82) is 0 Å². The van der Waals surface area contributed by atoms with Crippen molar-refractivity contribution in [2.24, 2.45) is 5.10 Å². The SMILES string of the molecule is CCCCCCCOc1ccccc1/C=N\n1c(=S)[nH]nc(C)c1=O. The molecule has 0 aliphatic carbocycles. The van der Waals surface area contributed by atoms with Gasteiger partial charge in [-0.15, -0.1) is 0 Å². The third-order valence-corrected chi connectivity index (χ3v) is 4.01. The number of rotatable bonds is 9. The van der Waals surface area contributed by atoms with E-state index >= 15 is 0 Å². The predicted molar refractivity (Wildman–Crippen MR) is 102 cm³/mol. The molecule has 1 aromatic carbocycles. The summed E-state index contributed by atoms with van der Waals surface area (Å²) < 4.78 is 7.14. The van der Waals surface area contributed by atoms with Gasteiger partial charge in [0.2, 0.25) is 4.77 Å². The van der Waals surface area contributed by atoms with Gasteiger partial charge in [-0.2, -0.15) is 14.9 Å². The molecule has 134 valence electrons. The average molecular weight is 360 g/mol. The third-order valence-electron chi connectivity index (χ3n) is 3.75. The molecule has 0 radical (unpaired) electrons. The van der Waals surface area contributed by atoms with Crippen molar-refractivity contribution in [2.45, 2.75) is 46.0 Å². The summed E-state index contributed by atoms with van der Waals surface area (Å²) in [4.78, 5) is 12.1. The monoisotopic (exact) mass is 360 g/mol. The molecule has 0 bridgehead atoms. The number of hydrogen-bond acceptors (Lipinski definition) is 5. The number of nitrogens with one attached hydrogen (secondary N) is 1. The Labute approximate surface area is 152 Å². The molecular weight excluding hydrogens is 336 g/mol. The molecule has 0 fully saturated rings. The molecule has 0 unspecified atom stereocenters. The molecule has 2 aromatic rings. The fourth-order valence-corrected chi connectivity index (χ4v) is 2.48. The summed E-state index contributed by atoms with van der Waals surface area (Å²) in [5, 5.41) is 10.6. The second-order valence-electron chi connectivity index (χ2n) is 5.78. The zero-order valence-corrected chi connectivity index (χ0v) is 15.5. The van der Waals surface area contributed by atoms with Crippen LogP contribution < -0.4 is 10.3 Å². The summed E-state index contributed by atoms with van der Waals surface area (Å²) in [6, 6.07) is 7.60. The molecule has 1 heterocycles. The number of aromatic amines is 1. The van der Waals surface area contributed by atoms with Crippen molar-refractivity contribution in [3.8, 4) is 5.75 Å². The molecule has 7 heteroatoms. The highest BCUT2D eigenvalue weighted by Crippen LogP contribution is 2.16. The number of aromatic nitrogens is 3. The van der Waals surface area contributed by atoms with Crippen LogP contribution >= 0.6 is 12.2 Å². The Balaban J connectivity index is 2.07. The lowest BCUT2D eigenvalue weighted by atomic mass is 10.2. The highest BCUT2D eigenvalue weighted by Gasteiger charge is 2.03. The number of ether oxygens (including phenoxy) is 1. The maximum absolute atomic E-state index is 12.1. The molecule has 0 atom stereocenters. The molecule has 0 saturated heterocycles. The van der Waals surface area contributed by atoms with Crippen LogP contribution in [0.5, 0.6) is 5.75 Å². The van der Waals surface area contributed by atoms with Crippen LogP contribution in [0.3, 0.4) is 0 Å². The summed E-state index contributed by atoms with van der Waals surface area (Å²) in [7, 11) is 0. The first-order chi connectivity index (χ1) is 12.1. The lowest BCUT2D eigenvalue weighted by Gasteiger charge is -2.09. The summed E-state index contributed by atoms with van der Waals surface area (Å²) in [5.74, 6) is 0.746. The highest BCUT2D eigenvalue weighted by molar-refractivity contribution is 7.71. The second kappa shape index (κ2) is 9.88. The number of benzene rings is 1. The van der Waals surface area contributed by atoms with Crippen molar-refractivity contribution in [2.75, 3.05) is 6.61 Å². The van der Waals surface area contributed by atoms with E-state index in [0.717, 1.165) is 22.4 Å². The standard InChI is InChI=1S/C18H24N4O2S/c1-3-4-5-6-9-12-24-16-11-8-7-10-15(16)13-19-22-17(23)14(2)20-21-18(22)25/h7-8,10-11,13H,3-6,9,12H2,1-2H3,(H,21,25)/b19-13-. The maximum atomic E-state index is 12.1. The number of H-pyrrole nitrogens is 1. The third kappa shape index (κ3) is 5.63. The number of hydrogen-bond donors (Lipinski definition) is 1. The minimum atomic E-state index is -0.339. The van der Waals surface area contributed by atoms with Crippen LogP contribution in [0.1, 0.15) is 50.3 Å². The zero-order valence-electron chi connectivity index (χ0n) is 14.7. The van der Waals surface area contributed by atoms with Gasteiger partial charge in [-0.25, -0.2) is 0 Å². The van der Waals surface area contributed by atoms with Crippen LogP contribution in [-0.2, 0) is 0 Å². The first-order valence-electron chi connectivity index (χ1n) is 8.58. The van der Waals surface area contributed by atoms with E-state index in [1.807, 2.05) is 24.3 Å². The van der Waals surface area contributed by atoms with Gasteiger partial charge in [0.1, 0.15) is 11.4 Å². The molecular formula is C18H24N4O2S. The predicted octanol–water partition coefficient (Wildman–Crippen LogP) is 3.84. The van der Waals surface area contributed by atoms with E-state index in [0.29, 0.717) is 12.3 Å². The van der Waals surface area contributed by atoms with Gasteiger partial charge >= 0.3 is 0 Å². The van der Waals surface area contributed by atoms with Crippen molar-refractivity contribution < 1.29 is 4.74 Å². The Bertz CT molecular complexity index is 826. The van der Waals surface area contributed by atoms with Crippen LogP contribution in [-0.4, -0.2) is 27.7 Å². The number of para-hydroxylation sites is 1. The minimum Gasteiger partial charge on any atom is -0.493 e. The smallest absolute Gasteiger partial charge is 0.296 e. The lowest BCUT2D eigenvalue weighted by Crippen LogP contribution is -2.22. The molecule has 0 saturated carbocycles. The van der Waals surface area contributed by atoms with E-state index in [4.69, 9.17) is 17.0 Å². The Morgan fingerprint density at radius 1 is 1.28 bits per heavy atom. The number of nitrogens with zero attached hydrogens (tertiary/aromatic N) is 3. The Morgan fingerprint density at radius 2 is 2.04 bits per heavy atom.